The largest absolute Gasteiger partial charge is 0.472 e. The van der Waals surface area contributed by atoms with Gasteiger partial charge in [0.1, 0.15) is 0 Å². The Labute approximate surface area is 103 Å². The van der Waals surface area contributed by atoms with Crippen LogP contribution in [0, 0.1) is 0 Å². The molecule has 2 N–H and O–H groups in total. The van der Waals surface area contributed by atoms with E-state index in [0.717, 1.165) is 0 Å². The standard InChI is InChI=1S/C14H22N2O/c15-13(12-5-10-17-11-12)14(6-1-2-7-14)16-8-3-4-9-16/h5,10-11,13H,1-4,6-9,15H2. The van der Waals surface area contributed by atoms with Gasteiger partial charge in [-0.1, -0.05) is 12.8 Å². The second-order valence-electron chi connectivity index (χ2n) is 5.54. The van der Waals surface area contributed by atoms with Crippen LogP contribution in [0.1, 0.15) is 50.1 Å². The van der Waals surface area contributed by atoms with Crippen LogP contribution in [-0.2, 0) is 0 Å². The highest BCUT2D eigenvalue weighted by molar-refractivity contribution is 5.19. The van der Waals surface area contributed by atoms with Gasteiger partial charge < -0.3 is 10.2 Å². The van der Waals surface area contributed by atoms with E-state index in [1.807, 2.05) is 12.3 Å². The molecule has 1 saturated heterocycles. The van der Waals surface area contributed by atoms with E-state index in [9.17, 15) is 0 Å². The molecular weight excluding hydrogens is 212 g/mol. The maximum Gasteiger partial charge on any atom is 0.0951 e. The molecule has 94 valence electrons. The van der Waals surface area contributed by atoms with Crippen molar-refractivity contribution >= 4 is 0 Å². The van der Waals surface area contributed by atoms with E-state index in [0.29, 0.717) is 0 Å². The summed E-state index contributed by atoms with van der Waals surface area (Å²) in [4.78, 5) is 2.65. The fourth-order valence-corrected chi connectivity index (χ4v) is 3.74. The lowest BCUT2D eigenvalue weighted by atomic mass is 9.83. The summed E-state index contributed by atoms with van der Waals surface area (Å²) in [7, 11) is 0. The van der Waals surface area contributed by atoms with Gasteiger partial charge in [-0.2, -0.15) is 0 Å². The highest BCUT2D eigenvalue weighted by Crippen LogP contribution is 2.44. The normalized spacial score (nSPS) is 26.4. The van der Waals surface area contributed by atoms with Gasteiger partial charge in [-0.15, -0.1) is 0 Å². The molecule has 3 rings (SSSR count). The van der Waals surface area contributed by atoms with Crippen LogP contribution in [0.4, 0.5) is 0 Å². The Hall–Kier alpha value is -0.800. The summed E-state index contributed by atoms with van der Waals surface area (Å²) >= 11 is 0. The summed E-state index contributed by atoms with van der Waals surface area (Å²) in [6.07, 6.45) is 11.4. The molecule has 0 radical (unpaired) electrons. The fraction of sp³-hybridized carbons (Fsp3) is 0.714. The van der Waals surface area contributed by atoms with Gasteiger partial charge in [-0.3, -0.25) is 4.90 Å². The molecule has 1 atom stereocenters. The predicted octanol–water partition coefficient (Wildman–Crippen LogP) is 2.69. The summed E-state index contributed by atoms with van der Waals surface area (Å²) < 4.78 is 5.20. The first-order chi connectivity index (χ1) is 8.33. The second kappa shape index (κ2) is 4.46. The number of furan rings is 1. The third-order valence-corrected chi connectivity index (χ3v) is 4.69. The monoisotopic (exact) mass is 234 g/mol. The number of hydrogen-bond acceptors (Lipinski definition) is 3. The molecule has 0 spiro atoms. The van der Waals surface area contributed by atoms with Crippen LogP contribution in [0.2, 0.25) is 0 Å². The van der Waals surface area contributed by atoms with Crippen molar-refractivity contribution in [1.82, 2.24) is 4.90 Å². The van der Waals surface area contributed by atoms with E-state index in [2.05, 4.69) is 4.90 Å². The van der Waals surface area contributed by atoms with E-state index >= 15 is 0 Å². The number of nitrogens with two attached hydrogens (primary N) is 1. The Bertz CT molecular complexity index is 348. The van der Waals surface area contributed by atoms with Crippen LogP contribution in [0.5, 0.6) is 0 Å². The molecule has 1 aliphatic heterocycles. The van der Waals surface area contributed by atoms with E-state index in [1.165, 1.54) is 57.2 Å². The van der Waals surface area contributed by atoms with Gasteiger partial charge in [-0.25, -0.2) is 0 Å². The first kappa shape index (κ1) is 11.3. The lowest BCUT2D eigenvalue weighted by Gasteiger charge is -2.43. The third kappa shape index (κ3) is 1.81. The Morgan fingerprint density at radius 2 is 1.88 bits per heavy atom. The molecule has 2 aliphatic rings. The number of rotatable bonds is 3. The average molecular weight is 234 g/mol. The molecule has 3 nitrogen and oxygen atoms in total. The molecule has 0 bridgehead atoms. The smallest absolute Gasteiger partial charge is 0.0951 e. The zero-order chi connectivity index (χ0) is 11.7. The first-order valence-electron chi connectivity index (χ1n) is 6.86. The molecule has 2 heterocycles. The van der Waals surface area contributed by atoms with Crippen LogP contribution < -0.4 is 5.73 Å². The molecule has 1 aliphatic carbocycles. The minimum absolute atomic E-state index is 0.113. The topological polar surface area (TPSA) is 42.4 Å². The van der Waals surface area contributed by atoms with Crippen molar-refractivity contribution in [3.8, 4) is 0 Å². The third-order valence-electron chi connectivity index (χ3n) is 4.69. The minimum Gasteiger partial charge on any atom is -0.472 e. The molecule has 3 heteroatoms. The maximum absolute atomic E-state index is 6.56. The molecule has 2 fully saturated rings. The highest BCUT2D eigenvalue weighted by atomic mass is 16.3. The fourth-order valence-electron chi connectivity index (χ4n) is 3.74. The number of hydrogen-bond donors (Lipinski definition) is 1. The summed E-state index contributed by atoms with van der Waals surface area (Å²) in [6.45, 7) is 2.46. The Morgan fingerprint density at radius 1 is 1.18 bits per heavy atom. The highest BCUT2D eigenvalue weighted by Gasteiger charge is 2.45. The molecule has 0 aromatic carbocycles. The Balaban J connectivity index is 1.88. The summed E-state index contributed by atoms with van der Waals surface area (Å²) in [6, 6.07) is 2.14. The summed E-state index contributed by atoms with van der Waals surface area (Å²) in [5.74, 6) is 0. The number of likely N-dealkylation sites (tertiary alicyclic amines) is 1. The minimum atomic E-state index is 0.113. The molecule has 1 aromatic heterocycles. The van der Waals surface area contributed by atoms with Crippen LogP contribution >= 0.6 is 0 Å². The lowest BCUT2D eigenvalue weighted by molar-refractivity contribution is 0.0919. The Kier molecular flexibility index (Phi) is 2.97. The molecule has 1 saturated carbocycles. The van der Waals surface area contributed by atoms with Crippen LogP contribution in [0.25, 0.3) is 0 Å². The van der Waals surface area contributed by atoms with Crippen molar-refractivity contribution in [3.63, 3.8) is 0 Å². The molecule has 17 heavy (non-hydrogen) atoms. The van der Waals surface area contributed by atoms with Crippen molar-refractivity contribution in [1.29, 1.82) is 0 Å². The molecule has 1 unspecified atom stereocenters. The predicted molar refractivity (Wildman–Crippen MR) is 67.6 cm³/mol. The zero-order valence-electron chi connectivity index (χ0n) is 10.4. The Morgan fingerprint density at radius 3 is 2.47 bits per heavy atom. The van der Waals surface area contributed by atoms with E-state index in [-0.39, 0.29) is 11.6 Å². The van der Waals surface area contributed by atoms with Crippen LogP contribution in [0.3, 0.4) is 0 Å². The van der Waals surface area contributed by atoms with Crippen LogP contribution in [0.15, 0.2) is 23.0 Å². The zero-order valence-corrected chi connectivity index (χ0v) is 10.4. The van der Waals surface area contributed by atoms with Gasteiger partial charge in [0, 0.05) is 11.1 Å². The quantitative estimate of drug-likeness (QED) is 0.874. The van der Waals surface area contributed by atoms with Gasteiger partial charge in [0.15, 0.2) is 0 Å². The van der Waals surface area contributed by atoms with Crippen molar-refractivity contribution in [2.45, 2.75) is 50.1 Å². The van der Waals surface area contributed by atoms with Gasteiger partial charge in [0.2, 0.25) is 0 Å². The average Bonchev–Trinajstić information content (AvgIpc) is 3.10. The van der Waals surface area contributed by atoms with Gasteiger partial charge in [0.25, 0.3) is 0 Å². The van der Waals surface area contributed by atoms with Gasteiger partial charge >= 0.3 is 0 Å². The van der Waals surface area contributed by atoms with Crippen molar-refractivity contribution in [2.75, 3.05) is 13.1 Å². The molecule has 1 aromatic rings. The summed E-state index contributed by atoms with van der Waals surface area (Å²) in [5, 5.41) is 0. The van der Waals surface area contributed by atoms with Crippen LogP contribution in [-0.4, -0.2) is 23.5 Å². The van der Waals surface area contributed by atoms with E-state index < -0.39 is 0 Å². The molecule has 0 amide bonds. The van der Waals surface area contributed by atoms with Crippen molar-refractivity contribution in [2.24, 2.45) is 5.73 Å². The van der Waals surface area contributed by atoms with E-state index in [1.54, 1.807) is 6.26 Å². The maximum atomic E-state index is 6.56. The first-order valence-corrected chi connectivity index (χ1v) is 6.86. The molecular formula is C14H22N2O. The lowest BCUT2D eigenvalue weighted by Crippen LogP contribution is -2.52. The van der Waals surface area contributed by atoms with Crippen molar-refractivity contribution < 1.29 is 4.42 Å². The summed E-state index contributed by atoms with van der Waals surface area (Å²) in [5.41, 5.74) is 7.93. The second-order valence-corrected chi connectivity index (χ2v) is 5.54. The van der Waals surface area contributed by atoms with E-state index in [4.69, 9.17) is 10.2 Å². The van der Waals surface area contributed by atoms with Crippen molar-refractivity contribution in [3.05, 3.63) is 24.2 Å². The SMILES string of the molecule is NC(c1ccoc1)C1(N2CCCC2)CCCC1. The van der Waals surface area contributed by atoms with Gasteiger partial charge in [-0.05, 0) is 44.8 Å². The van der Waals surface area contributed by atoms with Gasteiger partial charge in [0.05, 0.1) is 18.6 Å². The number of nitrogens with zero attached hydrogens (tertiary/aromatic N) is 1.